The fraction of sp³-hybridized carbons (Fsp3) is 0.174. The number of carboxylic acid groups (broad SMARTS) is 1. The molecule has 16 nitrogen and oxygen atoms in total. The highest BCUT2D eigenvalue weighted by atomic mass is 16.5. The Morgan fingerprint density at radius 2 is 1.11 bits per heavy atom. The highest BCUT2D eigenvalue weighted by Gasteiger charge is 2.25. The van der Waals surface area contributed by atoms with Crippen LogP contribution >= 0.6 is 0 Å². The number of hydrogen-bond donors (Lipinski definition) is 7. The van der Waals surface area contributed by atoms with E-state index in [-0.39, 0.29) is 53.0 Å². The molecule has 0 aliphatic carbocycles. The van der Waals surface area contributed by atoms with Gasteiger partial charge in [-0.1, -0.05) is 42.5 Å². The number of nitrogens with two attached hydrogens (primary N) is 2. The smallest absolute Gasteiger partial charge is 0.335 e. The van der Waals surface area contributed by atoms with Crippen LogP contribution in [0, 0.1) is 0 Å². The molecule has 62 heavy (non-hydrogen) atoms. The zero-order valence-electron chi connectivity index (χ0n) is 33.6. The molecule has 0 radical (unpaired) electrons. The first-order chi connectivity index (χ1) is 29.5. The third-order valence-corrected chi connectivity index (χ3v) is 9.36. The van der Waals surface area contributed by atoms with E-state index in [2.05, 4.69) is 16.0 Å². The number of urea groups is 1. The topological polar surface area (TPSA) is 274 Å². The van der Waals surface area contributed by atoms with Gasteiger partial charge in [-0.25, -0.2) is 9.59 Å². The molecule has 0 heterocycles. The Morgan fingerprint density at radius 3 is 1.65 bits per heavy atom. The van der Waals surface area contributed by atoms with Crippen LogP contribution in [0.1, 0.15) is 88.7 Å². The molecule has 9 N–H and O–H groups in total. The number of phenolic OH excluding ortho intramolecular Hbond substituents is 1. The minimum atomic E-state index is -1.27. The number of carboxylic acids is 1. The number of Topliss-reactive ketones (excluding diaryl/α,β-unsaturated/α-hetero) is 3. The fourth-order valence-corrected chi connectivity index (χ4v) is 6.24. The number of benzene rings is 5. The largest absolute Gasteiger partial charge is 0.504 e. The maximum absolute atomic E-state index is 13.4. The molecule has 0 aliphatic rings. The second kappa shape index (κ2) is 20.2. The third-order valence-electron chi connectivity index (χ3n) is 9.36. The van der Waals surface area contributed by atoms with Crippen LogP contribution in [0.5, 0.6) is 11.5 Å². The van der Waals surface area contributed by atoms with Crippen molar-refractivity contribution in [2.75, 3.05) is 10.6 Å². The molecule has 0 unspecified atom stereocenters. The Bertz CT molecular complexity index is 2520. The second-order valence-corrected chi connectivity index (χ2v) is 14.5. The van der Waals surface area contributed by atoms with Gasteiger partial charge in [-0.15, -0.1) is 0 Å². The number of carbonyl (C=O) groups is 8. The highest BCUT2D eigenvalue weighted by Crippen LogP contribution is 2.36. The summed E-state index contributed by atoms with van der Waals surface area (Å²) in [4.78, 5) is 99.9. The van der Waals surface area contributed by atoms with Crippen molar-refractivity contribution in [1.82, 2.24) is 5.32 Å². The quantitative estimate of drug-likeness (QED) is 0.0527. The van der Waals surface area contributed by atoms with Crippen molar-refractivity contribution >= 4 is 58.4 Å². The van der Waals surface area contributed by atoms with Crippen molar-refractivity contribution in [3.05, 3.63) is 154 Å². The molecule has 5 rings (SSSR count). The number of ketones is 3. The summed E-state index contributed by atoms with van der Waals surface area (Å²) in [5.41, 5.74) is 13.4. The molecular formula is C46H43N5O11. The summed E-state index contributed by atoms with van der Waals surface area (Å²) < 4.78 is 5.86. The van der Waals surface area contributed by atoms with Gasteiger partial charge >= 0.3 is 12.0 Å². The molecule has 0 aromatic heterocycles. The molecule has 0 spiro atoms. The Hall–Kier alpha value is -8.14. The predicted octanol–water partition coefficient (Wildman–Crippen LogP) is 5.26. The van der Waals surface area contributed by atoms with Crippen LogP contribution in [-0.2, 0) is 28.9 Å². The van der Waals surface area contributed by atoms with Crippen molar-refractivity contribution in [3.8, 4) is 11.5 Å². The average molecular weight is 842 g/mol. The van der Waals surface area contributed by atoms with Gasteiger partial charge in [0.2, 0.25) is 5.91 Å². The maximum atomic E-state index is 13.4. The van der Waals surface area contributed by atoms with E-state index in [9.17, 15) is 43.5 Å². The maximum Gasteiger partial charge on any atom is 0.335 e. The van der Waals surface area contributed by atoms with Gasteiger partial charge < -0.3 is 42.4 Å². The third kappa shape index (κ3) is 12.2. The average Bonchev–Trinajstić information content (AvgIpc) is 3.22. The molecule has 0 bridgehead atoms. The summed E-state index contributed by atoms with van der Waals surface area (Å²) in [5, 5.41) is 27.9. The van der Waals surface area contributed by atoms with Crippen molar-refractivity contribution in [1.29, 1.82) is 0 Å². The zero-order valence-corrected chi connectivity index (χ0v) is 33.6. The number of rotatable bonds is 19. The molecule has 0 saturated carbocycles. The number of carbonyl (C=O) groups excluding carboxylic acids is 7. The van der Waals surface area contributed by atoms with E-state index in [1.807, 2.05) is 0 Å². The Labute approximate surface area is 355 Å². The number of ether oxygens (including phenoxy) is 1. The molecule has 5 amide bonds. The van der Waals surface area contributed by atoms with Gasteiger partial charge in [0.25, 0.3) is 11.8 Å². The number of primary amides is 2. The van der Waals surface area contributed by atoms with E-state index < -0.39 is 65.6 Å². The molecule has 5 aromatic carbocycles. The van der Waals surface area contributed by atoms with Crippen LogP contribution in [0.15, 0.2) is 109 Å². The van der Waals surface area contributed by atoms with Crippen molar-refractivity contribution < 1.29 is 53.3 Å². The lowest BCUT2D eigenvalue weighted by molar-refractivity contribution is -0.125. The molecule has 0 saturated heterocycles. The van der Waals surface area contributed by atoms with E-state index in [4.69, 9.17) is 21.3 Å². The summed E-state index contributed by atoms with van der Waals surface area (Å²) in [6.07, 6.45) is -1.43. The Morgan fingerprint density at radius 1 is 0.597 bits per heavy atom. The first-order valence-corrected chi connectivity index (χ1v) is 19.2. The Kier molecular flexibility index (Phi) is 14.7. The van der Waals surface area contributed by atoms with Gasteiger partial charge in [0.05, 0.1) is 29.7 Å². The number of aromatic carboxylic acids is 1. The van der Waals surface area contributed by atoms with E-state index >= 15 is 0 Å². The van der Waals surface area contributed by atoms with Crippen LogP contribution in [0.4, 0.5) is 16.2 Å². The summed E-state index contributed by atoms with van der Waals surface area (Å²) in [5.74, 6) is -4.81. The van der Waals surface area contributed by atoms with E-state index in [1.54, 1.807) is 26.0 Å². The number of amides is 5. The lowest BCUT2D eigenvalue weighted by atomic mass is 9.95. The number of phenols is 1. The van der Waals surface area contributed by atoms with Crippen LogP contribution in [0.3, 0.4) is 0 Å². The van der Waals surface area contributed by atoms with E-state index in [0.29, 0.717) is 33.6 Å². The minimum Gasteiger partial charge on any atom is -0.504 e. The minimum absolute atomic E-state index is 0.0205. The first kappa shape index (κ1) is 45.0. The van der Waals surface area contributed by atoms with E-state index in [0.717, 1.165) is 0 Å². The van der Waals surface area contributed by atoms with Crippen LogP contribution in [0.25, 0.3) is 0 Å². The highest BCUT2D eigenvalue weighted by molar-refractivity contribution is 6.06. The monoisotopic (exact) mass is 841 g/mol. The van der Waals surface area contributed by atoms with Crippen LogP contribution in [-0.4, -0.2) is 69.4 Å². The predicted molar refractivity (Wildman–Crippen MR) is 228 cm³/mol. The molecule has 16 heteroatoms. The molecule has 318 valence electrons. The summed E-state index contributed by atoms with van der Waals surface area (Å²) >= 11 is 0. The van der Waals surface area contributed by atoms with E-state index in [1.165, 1.54) is 97.1 Å². The van der Waals surface area contributed by atoms with Gasteiger partial charge in [0.1, 0.15) is 0 Å². The summed E-state index contributed by atoms with van der Waals surface area (Å²) in [7, 11) is 0. The summed E-state index contributed by atoms with van der Waals surface area (Å²) in [6, 6.07) is 24.7. The molecule has 0 aliphatic heterocycles. The first-order valence-electron chi connectivity index (χ1n) is 19.2. The van der Waals surface area contributed by atoms with Crippen LogP contribution in [0.2, 0.25) is 0 Å². The number of hydrogen-bond acceptors (Lipinski definition) is 10. The zero-order chi connectivity index (χ0) is 45.1. The van der Waals surface area contributed by atoms with Gasteiger partial charge in [-0.3, -0.25) is 28.8 Å². The fourth-order valence-electron chi connectivity index (χ4n) is 6.24. The van der Waals surface area contributed by atoms with Gasteiger partial charge in [-0.05, 0) is 91.7 Å². The number of aromatic hydroxyl groups is 1. The molecule has 1 atom stereocenters. The standard InChI is InChI=1S/C46H43N5O11/c1-25(2)62-42-32(15-20-35(41(42)56)38(53)21-26-5-9-31(10-6-26)45(59)60)23-37(52)28-7-3-27(4-8-28)22-39(54)36(24-40(47)55)51-44(58)30-11-16-33(17-12-30)49-43(57)29-13-18-34(19-14-29)50-46(48)61/h3-20,25,36,56H,21-24H2,1-2H3,(H2,47,55)(H,49,57)(H,51,58)(H,59,60)(H3,48,50,61)/t36-/m0/s1. The molecule has 5 aromatic rings. The lowest BCUT2D eigenvalue weighted by Gasteiger charge is -2.18. The van der Waals surface area contributed by atoms with Crippen molar-refractivity contribution in [3.63, 3.8) is 0 Å². The SMILES string of the molecule is CC(C)Oc1c(CC(=O)c2ccc(CC(=O)[C@H](CC(N)=O)NC(=O)c3ccc(NC(=O)c4ccc(NC(N)=O)cc4)cc3)cc2)ccc(C(=O)Cc2ccc(C(=O)O)cc2)c1O. The summed E-state index contributed by atoms with van der Waals surface area (Å²) in [6.45, 7) is 3.45. The molecular weight excluding hydrogens is 799 g/mol. The second-order valence-electron chi connectivity index (χ2n) is 14.5. The normalized spacial score (nSPS) is 11.2. The van der Waals surface area contributed by atoms with Crippen molar-refractivity contribution in [2.45, 2.75) is 51.7 Å². The molecule has 0 fully saturated rings. The number of nitrogens with one attached hydrogen (secondary N) is 3. The lowest BCUT2D eigenvalue weighted by Crippen LogP contribution is -2.44. The van der Waals surface area contributed by atoms with Crippen molar-refractivity contribution in [2.24, 2.45) is 11.5 Å². The van der Waals surface area contributed by atoms with Gasteiger partial charge in [-0.2, -0.15) is 0 Å². The van der Waals surface area contributed by atoms with Gasteiger partial charge in [0, 0.05) is 52.9 Å². The number of anilines is 2. The van der Waals surface area contributed by atoms with Crippen LogP contribution < -0.4 is 32.2 Å². The Balaban J connectivity index is 1.20. The van der Waals surface area contributed by atoms with Gasteiger partial charge in [0.15, 0.2) is 28.8 Å².